The molecule has 1 aromatic rings. The second-order valence-corrected chi connectivity index (χ2v) is 4.37. The molecular formula is C12H19NO. The van der Waals surface area contributed by atoms with Crippen LogP contribution in [0.1, 0.15) is 44.8 Å². The topological polar surface area (TPSA) is 25.2 Å². The van der Waals surface area contributed by atoms with Gasteiger partial charge in [-0.1, -0.05) is 13.8 Å². The zero-order chi connectivity index (χ0) is 10.1. The highest BCUT2D eigenvalue weighted by molar-refractivity contribution is 5.11. The zero-order valence-corrected chi connectivity index (χ0v) is 9.21. The molecule has 0 aliphatic heterocycles. The van der Waals surface area contributed by atoms with Gasteiger partial charge < -0.3 is 9.73 Å². The van der Waals surface area contributed by atoms with E-state index >= 15 is 0 Å². The average Bonchev–Trinajstić information content (AvgIpc) is 2.72. The first-order valence-corrected chi connectivity index (χ1v) is 5.55. The number of nitrogens with one attached hydrogen (secondary N) is 1. The lowest BCUT2D eigenvalue weighted by Gasteiger charge is -2.10. The number of aryl methyl sites for hydroxylation is 1. The number of hydrogen-bond acceptors (Lipinski definition) is 2. The molecule has 3 atom stereocenters. The zero-order valence-electron chi connectivity index (χ0n) is 9.21. The van der Waals surface area contributed by atoms with Crippen LogP contribution in [0.3, 0.4) is 0 Å². The molecule has 1 saturated carbocycles. The van der Waals surface area contributed by atoms with Gasteiger partial charge in [0.1, 0.15) is 11.5 Å². The SMILES string of the molecule is CCc1ccc(C(C)NC2CC2C)o1. The summed E-state index contributed by atoms with van der Waals surface area (Å²) in [6, 6.07) is 5.22. The molecule has 78 valence electrons. The summed E-state index contributed by atoms with van der Waals surface area (Å²) in [5.74, 6) is 3.00. The minimum atomic E-state index is 0.352. The van der Waals surface area contributed by atoms with Crippen molar-refractivity contribution in [3.63, 3.8) is 0 Å². The molecule has 1 heterocycles. The Morgan fingerprint density at radius 1 is 1.57 bits per heavy atom. The molecule has 2 rings (SSSR count). The third kappa shape index (κ3) is 2.01. The van der Waals surface area contributed by atoms with E-state index in [0.717, 1.165) is 23.9 Å². The van der Waals surface area contributed by atoms with Gasteiger partial charge >= 0.3 is 0 Å². The maximum atomic E-state index is 5.70. The highest BCUT2D eigenvalue weighted by atomic mass is 16.3. The molecule has 1 aromatic heterocycles. The molecule has 0 amide bonds. The molecule has 3 unspecified atom stereocenters. The van der Waals surface area contributed by atoms with Gasteiger partial charge in [0, 0.05) is 12.5 Å². The van der Waals surface area contributed by atoms with E-state index in [0.29, 0.717) is 12.1 Å². The van der Waals surface area contributed by atoms with E-state index in [1.54, 1.807) is 0 Å². The van der Waals surface area contributed by atoms with Crippen LogP contribution in [0, 0.1) is 5.92 Å². The fourth-order valence-electron chi connectivity index (χ4n) is 1.77. The van der Waals surface area contributed by atoms with Gasteiger partial charge in [-0.2, -0.15) is 0 Å². The van der Waals surface area contributed by atoms with E-state index < -0.39 is 0 Å². The maximum absolute atomic E-state index is 5.70. The molecule has 1 N–H and O–H groups in total. The lowest BCUT2D eigenvalue weighted by molar-refractivity contribution is 0.404. The average molecular weight is 193 g/mol. The van der Waals surface area contributed by atoms with E-state index in [4.69, 9.17) is 4.42 Å². The summed E-state index contributed by atoms with van der Waals surface area (Å²) in [4.78, 5) is 0. The van der Waals surface area contributed by atoms with Crippen molar-refractivity contribution in [3.05, 3.63) is 23.7 Å². The first-order chi connectivity index (χ1) is 6.70. The first-order valence-electron chi connectivity index (χ1n) is 5.55. The quantitative estimate of drug-likeness (QED) is 0.795. The molecule has 0 spiro atoms. The molecule has 1 aliphatic rings. The Bertz CT molecular complexity index is 305. The normalized spacial score (nSPS) is 27.6. The minimum absolute atomic E-state index is 0.352. The smallest absolute Gasteiger partial charge is 0.120 e. The van der Waals surface area contributed by atoms with Crippen molar-refractivity contribution in [1.29, 1.82) is 0 Å². The second-order valence-electron chi connectivity index (χ2n) is 4.37. The van der Waals surface area contributed by atoms with Crippen molar-refractivity contribution in [2.24, 2.45) is 5.92 Å². The number of furan rings is 1. The van der Waals surface area contributed by atoms with E-state index in [9.17, 15) is 0 Å². The fourth-order valence-corrected chi connectivity index (χ4v) is 1.77. The van der Waals surface area contributed by atoms with Crippen molar-refractivity contribution in [1.82, 2.24) is 5.32 Å². The Morgan fingerprint density at radius 2 is 2.29 bits per heavy atom. The van der Waals surface area contributed by atoms with Crippen LogP contribution in [-0.4, -0.2) is 6.04 Å². The van der Waals surface area contributed by atoms with Gasteiger partial charge in [-0.15, -0.1) is 0 Å². The number of rotatable bonds is 4. The predicted octanol–water partition coefficient (Wildman–Crippen LogP) is 2.90. The van der Waals surface area contributed by atoms with E-state index in [1.165, 1.54) is 6.42 Å². The van der Waals surface area contributed by atoms with E-state index in [-0.39, 0.29) is 0 Å². The van der Waals surface area contributed by atoms with Crippen LogP contribution in [0.15, 0.2) is 16.5 Å². The highest BCUT2D eigenvalue weighted by Crippen LogP contribution is 2.31. The molecule has 0 radical (unpaired) electrons. The van der Waals surface area contributed by atoms with Gasteiger partial charge in [-0.3, -0.25) is 0 Å². The van der Waals surface area contributed by atoms with Crippen molar-refractivity contribution >= 4 is 0 Å². The van der Waals surface area contributed by atoms with Gasteiger partial charge in [0.15, 0.2) is 0 Å². The Labute approximate surface area is 85.7 Å². The van der Waals surface area contributed by atoms with Crippen LogP contribution in [0.2, 0.25) is 0 Å². The van der Waals surface area contributed by atoms with Gasteiger partial charge in [0.05, 0.1) is 6.04 Å². The van der Waals surface area contributed by atoms with Crippen LogP contribution in [0.5, 0.6) is 0 Å². The Morgan fingerprint density at radius 3 is 2.79 bits per heavy atom. The van der Waals surface area contributed by atoms with Crippen LogP contribution < -0.4 is 5.32 Å². The molecule has 2 heteroatoms. The summed E-state index contributed by atoms with van der Waals surface area (Å²) in [6.07, 6.45) is 2.29. The third-order valence-electron chi connectivity index (χ3n) is 3.03. The third-order valence-corrected chi connectivity index (χ3v) is 3.03. The fraction of sp³-hybridized carbons (Fsp3) is 0.667. The van der Waals surface area contributed by atoms with E-state index in [1.807, 2.05) is 0 Å². The monoisotopic (exact) mass is 193 g/mol. The standard InChI is InChI=1S/C12H19NO/c1-4-10-5-6-12(14-10)9(3)13-11-7-8(11)2/h5-6,8-9,11,13H,4,7H2,1-3H3. The molecule has 2 nitrogen and oxygen atoms in total. The van der Waals surface area contributed by atoms with Gasteiger partial charge in [0.25, 0.3) is 0 Å². The van der Waals surface area contributed by atoms with Crippen LogP contribution >= 0.6 is 0 Å². The lowest BCUT2D eigenvalue weighted by atomic mass is 10.2. The number of hydrogen-bond donors (Lipinski definition) is 1. The Hall–Kier alpha value is -0.760. The highest BCUT2D eigenvalue weighted by Gasteiger charge is 2.33. The van der Waals surface area contributed by atoms with Crippen molar-refractivity contribution in [3.8, 4) is 0 Å². The molecule has 14 heavy (non-hydrogen) atoms. The minimum Gasteiger partial charge on any atom is -0.464 e. The molecule has 0 aromatic carbocycles. The van der Waals surface area contributed by atoms with Crippen LogP contribution in [0.25, 0.3) is 0 Å². The molecular weight excluding hydrogens is 174 g/mol. The first kappa shape index (κ1) is 9.78. The predicted molar refractivity (Wildman–Crippen MR) is 57.2 cm³/mol. The van der Waals surface area contributed by atoms with Crippen molar-refractivity contribution in [2.75, 3.05) is 0 Å². The summed E-state index contributed by atoms with van der Waals surface area (Å²) in [6.45, 7) is 6.57. The lowest BCUT2D eigenvalue weighted by Crippen LogP contribution is -2.21. The summed E-state index contributed by atoms with van der Waals surface area (Å²) in [5.41, 5.74) is 0. The molecule has 0 saturated heterocycles. The van der Waals surface area contributed by atoms with Crippen LogP contribution in [-0.2, 0) is 6.42 Å². The Balaban J connectivity index is 1.93. The van der Waals surface area contributed by atoms with Crippen LogP contribution in [0.4, 0.5) is 0 Å². The van der Waals surface area contributed by atoms with Crippen molar-refractivity contribution < 1.29 is 4.42 Å². The summed E-state index contributed by atoms with van der Waals surface area (Å²) < 4.78 is 5.70. The van der Waals surface area contributed by atoms with Gasteiger partial charge in [-0.05, 0) is 31.4 Å². The van der Waals surface area contributed by atoms with Gasteiger partial charge in [-0.25, -0.2) is 0 Å². The summed E-state index contributed by atoms with van der Waals surface area (Å²) in [5, 5.41) is 3.56. The van der Waals surface area contributed by atoms with E-state index in [2.05, 4.69) is 38.2 Å². The Kier molecular flexibility index (Phi) is 2.64. The van der Waals surface area contributed by atoms with Crippen molar-refractivity contribution in [2.45, 2.75) is 45.7 Å². The molecule has 1 aliphatic carbocycles. The summed E-state index contributed by atoms with van der Waals surface area (Å²) in [7, 11) is 0. The maximum Gasteiger partial charge on any atom is 0.120 e. The largest absolute Gasteiger partial charge is 0.464 e. The summed E-state index contributed by atoms with van der Waals surface area (Å²) >= 11 is 0. The van der Waals surface area contributed by atoms with Gasteiger partial charge in [0.2, 0.25) is 0 Å². The molecule has 1 fully saturated rings. The molecule has 0 bridgehead atoms. The second kappa shape index (κ2) is 3.77.